The van der Waals surface area contributed by atoms with Crippen LogP contribution in [0, 0.1) is 0 Å². The molecule has 11 heteroatoms. The molecule has 3 aromatic carbocycles. The summed E-state index contributed by atoms with van der Waals surface area (Å²) in [4.78, 5) is 26.0. The Balaban J connectivity index is 1.42. The van der Waals surface area contributed by atoms with E-state index in [9.17, 15) is 9.59 Å². The van der Waals surface area contributed by atoms with Gasteiger partial charge < -0.3 is 14.5 Å². The van der Waals surface area contributed by atoms with E-state index < -0.39 is 24.0 Å². The van der Waals surface area contributed by atoms with Crippen LogP contribution in [0.2, 0.25) is 20.1 Å². The van der Waals surface area contributed by atoms with Crippen LogP contribution in [0.4, 0.5) is 0 Å². The number of ether oxygens (including phenoxy) is 1. The van der Waals surface area contributed by atoms with E-state index in [1.807, 2.05) is 30.3 Å². The second kappa shape index (κ2) is 13.7. The molecule has 0 bridgehead atoms. The Labute approximate surface area is 251 Å². The van der Waals surface area contributed by atoms with Crippen molar-refractivity contribution in [2.75, 3.05) is 0 Å². The Morgan fingerprint density at radius 1 is 0.900 bits per heavy atom. The Kier molecular flexibility index (Phi) is 10.1. The van der Waals surface area contributed by atoms with Crippen molar-refractivity contribution < 1.29 is 18.7 Å². The molecule has 0 aliphatic carbocycles. The van der Waals surface area contributed by atoms with Gasteiger partial charge in [-0.25, -0.2) is 5.43 Å². The predicted molar refractivity (Wildman–Crippen MR) is 159 cm³/mol. The lowest BCUT2D eigenvalue weighted by Crippen LogP contribution is -2.50. The first-order valence-electron chi connectivity index (χ1n) is 12.0. The lowest BCUT2D eigenvalue weighted by Gasteiger charge is -2.21. The molecule has 7 nitrogen and oxygen atoms in total. The van der Waals surface area contributed by atoms with E-state index in [1.54, 1.807) is 49.4 Å². The molecule has 1 aromatic heterocycles. The van der Waals surface area contributed by atoms with Crippen LogP contribution in [0.5, 0.6) is 5.75 Å². The molecule has 1 heterocycles. The van der Waals surface area contributed by atoms with Crippen LogP contribution in [-0.2, 0) is 16.0 Å². The van der Waals surface area contributed by atoms with Crippen molar-refractivity contribution in [1.82, 2.24) is 10.7 Å². The van der Waals surface area contributed by atoms with E-state index >= 15 is 0 Å². The SMILES string of the molecule is C[C@H](Oc1ccc(Cl)cc1Cl)C(=O)N[C@H](Cc1ccccc1)C(=O)N/N=C\c1ccc(-c2ccc(Cl)cc2Cl)o1. The van der Waals surface area contributed by atoms with E-state index in [0.717, 1.165) is 5.56 Å². The number of nitrogens with zero attached hydrogens (tertiary/aromatic N) is 1. The Bertz CT molecular complexity index is 1520. The number of benzene rings is 3. The molecular weight excluding hydrogens is 596 g/mol. The molecule has 0 spiro atoms. The van der Waals surface area contributed by atoms with Gasteiger partial charge in [0.25, 0.3) is 11.8 Å². The summed E-state index contributed by atoms with van der Waals surface area (Å²) in [7, 11) is 0. The molecular formula is C29H23Cl4N3O4. The molecule has 0 aliphatic heterocycles. The number of carbonyl (C=O) groups is 2. The normalized spacial score (nSPS) is 12.6. The van der Waals surface area contributed by atoms with Crippen molar-refractivity contribution in [2.45, 2.75) is 25.5 Å². The van der Waals surface area contributed by atoms with Crippen molar-refractivity contribution in [2.24, 2.45) is 5.10 Å². The average Bonchev–Trinajstić information content (AvgIpc) is 3.38. The molecule has 0 fully saturated rings. The van der Waals surface area contributed by atoms with Crippen molar-refractivity contribution in [1.29, 1.82) is 0 Å². The van der Waals surface area contributed by atoms with E-state index in [0.29, 0.717) is 37.9 Å². The van der Waals surface area contributed by atoms with Gasteiger partial charge in [-0.05, 0) is 61.0 Å². The lowest BCUT2D eigenvalue weighted by atomic mass is 10.1. The van der Waals surface area contributed by atoms with Crippen molar-refractivity contribution in [3.8, 4) is 17.1 Å². The summed E-state index contributed by atoms with van der Waals surface area (Å²) < 4.78 is 11.5. The van der Waals surface area contributed by atoms with Crippen LogP contribution < -0.4 is 15.5 Å². The Morgan fingerprint density at radius 2 is 1.60 bits per heavy atom. The maximum absolute atomic E-state index is 13.1. The van der Waals surface area contributed by atoms with E-state index in [-0.39, 0.29) is 11.4 Å². The van der Waals surface area contributed by atoms with Gasteiger partial charge >= 0.3 is 0 Å². The summed E-state index contributed by atoms with van der Waals surface area (Å²) in [6.45, 7) is 1.55. The minimum Gasteiger partial charge on any atom is -0.479 e. The van der Waals surface area contributed by atoms with Crippen LogP contribution in [0.1, 0.15) is 18.2 Å². The standard InChI is InChI=1S/C29H23Cl4N3O4/c1-17(39-27-11-8-20(31)15-24(27)33)28(37)35-25(13-18-5-3-2-4-6-18)29(38)36-34-16-21-9-12-26(40-21)22-10-7-19(30)14-23(22)32/h2-12,14-17,25H,13H2,1H3,(H,35,37)(H,36,38)/b34-16-/t17-,25+/m0/s1. The molecule has 40 heavy (non-hydrogen) atoms. The zero-order valence-corrected chi connectivity index (χ0v) is 24.1. The fraction of sp³-hybridized carbons (Fsp3) is 0.138. The van der Waals surface area contributed by atoms with Crippen molar-refractivity contribution in [3.63, 3.8) is 0 Å². The quantitative estimate of drug-likeness (QED) is 0.145. The summed E-state index contributed by atoms with van der Waals surface area (Å²) in [6, 6.07) is 21.5. The van der Waals surface area contributed by atoms with Crippen molar-refractivity contribution in [3.05, 3.63) is 110 Å². The molecule has 206 valence electrons. The molecule has 2 amide bonds. The molecule has 2 atom stereocenters. The van der Waals surface area contributed by atoms with Crippen LogP contribution in [0.3, 0.4) is 0 Å². The number of hydrazone groups is 1. The summed E-state index contributed by atoms with van der Waals surface area (Å²) in [6.07, 6.45) is 0.623. The topological polar surface area (TPSA) is 92.9 Å². The number of hydrogen-bond acceptors (Lipinski definition) is 5. The minimum absolute atomic E-state index is 0.225. The third-order valence-electron chi connectivity index (χ3n) is 5.67. The second-order valence-electron chi connectivity index (χ2n) is 8.65. The zero-order chi connectivity index (χ0) is 28.6. The summed E-state index contributed by atoms with van der Waals surface area (Å²) in [5.74, 6) is 0.143. The lowest BCUT2D eigenvalue weighted by molar-refractivity contribution is -0.132. The molecule has 4 rings (SSSR count). The van der Waals surface area contributed by atoms with E-state index in [4.69, 9.17) is 55.6 Å². The molecule has 0 aliphatic rings. The van der Waals surface area contributed by atoms with Crippen molar-refractivity contribution >= 4 is 64.4 Å². The number of nitrogens with one attached hydrogen (secondary N) is 2. The first kappa shape index (κ1) is 29.5. The molecule has 0 radical (unpaired) electrons. The maximum Gasteiger partial charge on any atom is 0.262 e. The fourth-order valence-corrected chi connectivity index (χ4v) is 4.61. The first-order chi connectivity index (χ1) is 19.2. The van der Waals surface area contributed by atoms with Crippen LogP contribution >= 0.6 is 46.4 Å². The second-order valence-corrected chi connectivity index (χ2v) is 10.3. The van der Waals surface area contributed by atoms with Crippen LogP contribution in [-0.4, -0.2) is 30.2 Å². The number of rotatable bonds is 10. The van der Waals surface area contributed by atoms with Gasteiger partial charge in [-0.3, -0.25) is 9.59 Å². The van der Waals surface area contributed by atoms with Gasteiger partial charge in [0.15, 0.2) is 6.10 Å². The average molecular weight is 619 g/mol. The fourth-order valence-electron chi connectivity index (χ4n) is 3.66. The highest BCUT2D eigenvalue weighted by Crippen LogP contribution is 2.31. The van der Waals surface area contributed by atoms with Crippen LogP contribution in [0.25, 0.3) is 11.3 Å². The molecule has 0 unspecified atom stereocenters. The predicted octanol–water partition coefficient (Wildman–Crippen LogP) is 7.21. The summed E-state index contributed by atoms with van der Waals surface area (Å²) in [5, 5.41) is 8.39. The van der Waals surface area contributed by atoms with Gasteiger partial charge in [-0.1, -0.05) is 76.7 Å². The molecule has 2 N–H and O–H groups in total. The van der Waals surface area contributed by atoms with E-state index in [2.05, 4.69) is 15.8 Å². The van der Waals surface area contributed by atoms with Crippen LogP contribution in [0.15, 0.2) is 88.4 Å². The number of furan rings is 1. The molecule has 0 saturated heterocycles. The smallest absolute Gasteiger partial charge is 0.262 e. The maximum atomic E-state index is 13.1. The number of amides is 2. The van der Waals surface area contributed by atoms with Gasteiger partial charge in [0.2, 0.25) is 0 Å². The van der Waals surface area contributed by atoms with Gasteiger partial charge in [-0.2, -0.15) is 5.10 Å². The monoisotopic (exact) mass is 617 g/mol. The highest BCUT2D eigenvalue weighted by atomic mass is 35.5. The molecule has 0 saturated carbocycles. The summed E-state index contributed by atoms with van der Waals surface area (Å²) in [5.41, 5.74) is 3.97. The number of carbonyl (C=O) groups excluding carboxylic acids is 2. The largest absolute Gasteiger partial charge is 0.479 e. The highest BCUT2D eigenvalue weighted by molar-refractivity contribution is 6.36. The minimum atomic E-state index is -0.950. The zero-order valence-electron chi connectivity index (χ0n) is 21.0. The molecule has 4 aromatic rings. The third kappa shape index (κ3) is 8.02. The van der Waals surface area contributed by atoms with E-state index in [1.165, 1.54) is 12.3 Å². The van der Waals surface area contributed by atoms with Gasteiger partial charge in [-0.15, -0.1) is 0 Å². The first-order valence-corrected chi connectivity index (χ1v) is 13.5. The number of halogens is 4. The number of hydrogen-bond donors (Lipinski definition) is 2. The Hall–Kier alpha value is -3.49. The summed E-state index contributed by atoms with van der Waals surface area (Å²) >= 11 is 24.3. The van der Waals surface area contributed by atoms with Gasteiger partial charge in [0.1, 0.15) is 23.3 Å². The highest BCUT2D eigenvalue weighted by Gasteiger charge is 2.25. The van der Waals surface area contributed by atoms with Gasteiger partial charge in [0.05, 0.1) is 16.3 Å². The third-order valence-corrected chi connectivity index (χ3v) is 6.75. The Morgan fingerprint density at radius 3 is 2.30 bits per heavy atom. The van der Waals surface area contributed by atoms with Gasteiger partial charge in [0, 0.05) is 22.0 Å².